The summed E-state index contributed by atoms with van der Waals surface area (Å²) in [6.07, 6.45) is 0. The second kappa shape index (κ2) is 6.08. The van der Waals surface area contributed by atoms with Crippen molar-refractivity contribution in [2.24, 2.45) is 0 Å². The van der Waals surface area contributed by atoms with Crippen molar-refractivity contribution < 1.29 is 19.4 Å². The van der Waals surface area contributed by atoms with Gasteiger partial charge >= 0.3 is 0 Å². The summed E-state index contributed by atoms with van der Waals surface area (Å²) in [5.41, 5.74) is 0.713. The SMILES string of the molecule is COc1cc(C)nc(NC(=O)c2cccc(OC)c2O)n1. The summed E-state index contributed by atoms with van der Waals surface area (Å²) < 4.78 is 9.97. The van der Waals surface area contributed by atoms with Crippen molar-refractivity contribution in [3.8, 4) is 17.4 Å². The maximum Gasteiger partial charge on any atom is 0.261 e. The van der Waals surface area contributed by atoms with Crippen molar-refractivity contribution in [1.29, 1.82) is 0 Å². The van der Waals surface area contributed by atoms with E-state index in [2.05, 4.69) is 15.3 Å². The summed E-state index contributed by atoms with van der Waals surface area (Å²) in [5, 5.41) is 12.5. The molecule has 0 saturated carbocycles. The predicted octanol–water partition coefficient (Wildman–Crippen LogP) is 1.76. The van der Waals surface area contributed by atoms with E-state index in [1.54, 1.807) is 25.1 Å². The summed E-state index contributed by atoms with van der Waals surface area (Å²) in [6, 6.07) is 6.27. The first-order valence-electron chi connectivity index (χ1n) is 6.12. The van der Waals surface area contributed by atoms with Crippen molar-refractivity contribution in [3.05, 3.63) is 35.5 Å². The number of aromatic hydroxyl groups is 1. The Morgan fingerprint density at radius 3 is 2.67 bits per heavy atom. The van der Waals surface area contributed by atoms with Gasteiger partial charge in [0.1, 0.15) is 0 Å². The molecule has 0 spiro atoms. The Hall–Kier alpha value is -2.83. The van der Waals surface area contributed by atoms with E-state index < -0.39 is 5.91 Å². The molecule has 1 amide bonds. The van der Waals surface area contributed by atoms with Crippen LogP contribution in [0.1, 0.15) is 16.1 Å². The first-order valence-corrected chi connectivity index (χ1v) is 6.12. The molecule has 1 aromatic heterocycles. The summed E-state index contributed by atoms with van der Waals surface area (Å²) >= 11 is 0. The molecule has 7 nitrogen and oxygen atoms in total. The number of anilines is 1. The highest BCUT2D eigenvalue weighted by Gasteiger charge is 2.16. The molecule has 0 bridgehead atoms. The Balaban J connectivity index is 2.28. The number of para-hydroxylation sites is 1. The fourth-order valence-corrected chi connectivity index (χ4v) is 1.74. The Kier molecular flexibility index (Phi) is 4.22. The summed E-state index contributed by atoms with van der Waals surface area (Å²) in [7, 11) is 2.88. The number of carbonyl (C=O) groups excluding carboxylic acids is 1. The number of rotatable bonds is 4. The van der Waals surface area contributed by atoms with E-state index in [0.29, 0.717) is 11.6 Å². The third-order valence-electron chi connectivity index (χ3n) is 2.73. The molecule has 0 unspecified atom stereocenters. The van der Waals surface area contributed by atoms with Gasteiger partial charge in [0.2, 0.25) is 11.8 Å². The van der Waals surface area contributed by atoms with Crippen LogP contribution in [0.3, 0.4) is 0 Å². The molecule has 2 N–H and O–H groups in total. The number of amides is 1. The van der Waals surface area contributed by atoms with Crippen molar-refractivity contribution in [2.45, 2.75) is 6.92 Å². The number of methoxy groups -OCH3 is 2. The maximum atomic E-state index is 12.2. The Morgan fingerprint density at radius 1 is 1.24 bits per heavy atom. The van der Waals surface area contributed by atoms with E-state index in [0.717, 1.165) is 0 Å². The number of aryl methyl sites for hydroxylation is 1. The van der Waals surface area contributed by atoms with E-state index >= 15 is 0 Å². The second-order valence-electron chi connectivity index (χ2n) is 4.19. The first-order chi connectivity index (χ1) is 10.0. The van der Waals surface area contributed by atoms with Crippen LogP contribution >= 0.6 is 0 Å². The minimum atomic E-state index is -0.543. The molecular weight excluding hydrogens is 274 g/mol. The molecule has 0 aliphatic carbocycles. The smallest absolute Gasteiger partial charge is 0.261 e. The van der Waals surface area contributed by atoms with Crippen molar-refractivity contribution in [3.63, 3.8) is 0 Å². The summed E-state index contributed by atoms with van der Waals surface area (Å²) in [4.78, 5) is 20.3. The van der Waals surface area contributed by atoms with E-state index in [-0.39, 0.29) is 23.0 Å². The summed E-state index contributed by atoms with van der Waals surface area (Å²) in [5.74, 6) is -0.131. The molecule has 0 radical (unpaired) electrons. The predicted molar refractivity (Wildman–Crippen MR) is 75.9 cm³/mol. The molecule has 110 valence electrons. The molecule has 0 saturated heterocycles. The Labute approximate surface area is 121 Å². The second-order valence-corrected chi connectivity index (χ2v) is 4.19. The van der Waals surface area contributed by atoms with Crippen LogP contribution < -0.4 is 14.8 Å². The van der Waals surface area contributed by atoms with Crippen molar-refractivity contribution >= 4 is 11.9 Å². The van der Waals surface area contributed by atoms with E-state index in [4.69, 9.17) is 9.47 Å². The van der Waals surface area contributed by atoms with Crippen LogP contribution in [0.2, 0.25) is 0 Å². The van der Waals surface area contributed by atoms with Gasteiger partial charge in [-0.15, -0.1) is 0 Å². The molecule has 7 heteroatoms. The topological polar surface area (TPSA) is 93.6 Å². The zero-order valence-corrected chi connectivity index (χ0v) is 11.9. The lowest BCUT2D eigenvalue weighted by Crippen LogP contribution is -2.15. The van der Waals surface area contributed by atoms with Gasteiger partial charge < -0.3 is 14.6 Å². The van der Waals surface area contributed by atoms with E-state index in [1.165, 1.54) is 20.3 Å². The number of carbonyl (C=O) groups is 1. The number of nitrogens with one attached hydrogen (secondary N) is 1. The number of nitrogens with zero attached hydrogens (tertiary/aromatic N) is 2. The number of benzene rings is 1. The molecule has 1 aromatic carbocycles. The van der Waals surface area contributed by atoms with Crippen LogP contribution in [-0.2, 0) is 0 Å². The van der Waals surface area contributed by atoms with Gasteiger partial charge in [-0.05, 0) is 19.1 Å². The molecule has 21 heavy (non-hydrogen) atoms. The lowest BCUT2D eigenvalue weighted by molar-refractivity contribution is 0.102. The monoisotopic (exact) mass is 289 g/mol. The van der Waals surface area contributed by atoms with Crippen LogP contribution in [0, 0.1) is 6.92 Å². The molecule has 0 fully saturated rings. The molecule has 2 rings (SSSR count). The highest BCUT2D eigenvalue weighted by Crippen LogP contribution is 2.29. The number of hydrogen-bond donors (Lipinski definition) is 2. The molecule has 0 atom stereocenters. The minimum Gasteiger partial charge on any atom is -0.504 e. The van der Waals surface area contributed by atoms with Crippen LogP contribution in [0.4, 0.5) is 5.95 Å². The minimum absolute atomic E-state index is 0.0680. The highest BCUT2D eigenvalue weighted by molar-refractivity contribution is 6.05. The van der Waals surface area contributed by atoms with Crippen LogP contribution in [0.15, 0.2) is 24.3 Å². The van der Waals surface area contributed by atoms with Gasteiger partial charge in [-0.3, -0.25) is 10.1 Å². The van der Waals surface area contributed by atoms with Crippen molar-refractivity contribution in [2.75, 3.05) is 19.5 Å². The standard InChI is InChI=1S/C14H15N3O4/c1-8-7-11(21-3)16-14(15-8)17-13(19)9-5-4-6-10(20-2)12(9)18/h4-7,18H,1-3H3,(H,15,16,17,19). The number of ether oxygens (including phenoxy) is 2. The zero-order chi connectivity index (χ0) is 15.4. The molecule has 0 aliphatic heterocycles. The average molecular weight is 289 g/mol. The third-order valence-corrected chi connectivity index (χ3v) is 2.73. The normalized spacial score (nSPS) is 10.0. The molecule has 2 aromatic rings. The lowest BCUT2D eigenvalue weighted by atomic mass is 10.1. The maximum absolute atomic E-state index is 12.2. The largest absolute Gasteiger partial charge is 0.504 e. The van der Waals surface area contributed by atoms with Crippen LogP contribution in [-0.4, -0.2) is 35.2 Å². The van der Waals surface area contributed by atoms with Crippen LogP contribution in [0.5, 0.6) is 17.4 Å². The number of phenolic OH excluding ortho intramolecular Hbond substituents is 1. The average Bonchev–Trinajstić information content (AvgIpc) is 2.46. The molecular formula is C14H15N3O4. The van der Waals surface area contributed by atoms with Gasteiger partial charge in [-0.1, -0.05) is 6.07 Å². The zero-order valence-electron chi connectivity index (χ0n) is 11.9. The lowest BCUT2D eigenvalue weighted by Gasteiger charge is -2.09. The molecule has 1 heterocycles. The van der Waals surface area contributed by atoms with Crippen molar-refractivity contribution in [1.82, 2.24) is 9.97 Å². The van der Waals surface area contributed by atoms with E-state index in [9.17, 15) is 9.90 Å². The number of phenols is 1. The Morgan fingerprint density at radius 2 is 2.00 bits per heavy atom. The van der Waals surface area contributed by atoms with Gasteiger partial charge in [0.05, 0.1) is 19.8 Å². The number of aromatic nitrogens is 2. The first kappa shape index (κ1) is 14.6. The Bertz CT molecular complexity index is 673. The van der Waals surface area contributed by atoms with Gasteiger partial charge in [0, 0.05) is 11.8 Å². The van der Waals surface area contributed by atoms with Crippen LogP contribution in [0.25, 0.3) is 0 Å². The summed E-state index contributed by atoms with van der Waals surface area (Å²) in [6.45, 7) is 1.75. The third kappa shape index (κ3) is 3.19. The highest BCUT2D eigenvalue weighted by atomic mass is 16.5. The van der Waals surface area contributed by atoms with Gasteiger partial charge in [0.25, 0.3) is 5.91 Å². The van der Waals surface area contributed by atoms with Gasteiger partial charge in [0.15, 0.2) is 11.5 Å². The fraction of sp³-hybridized carbons (Fsp3) is 0.214. The molecule has 0 aliphatic rings. The number of hydrogen-bond acceptors (Lipinski definition) is 6. The van der Waals surface area contributed by atoms with Gasteiger partial charge in [-0.25, -0.2) is 4.98 Å². The fourth-order valence-electron chi connectivity index (χ4n) is 1.74. The van der Waals surface area contributed by atoms with Gasteiger partial charge in [-0.2, -0.15) is 4.98 Å². The quantitative estimate of drug-likeness (QED) is 0.890. The van der Waals surface area contributed by atoms with E-state index in [1.807, 2.05) is 0 Å².